The summed E-state index contributed by atoms with van der Waals surface area (Å²) in [6.45, 7) is 2.00. The monoisotopic (exact) mass is 328 g/mol. The van der Waals surface area contributed by atoms with E-state index in [1.807, 2.05) is 37.3 Å². The number of nitriles is 1. The van der Waals surface area contributed by atoms with Gasteiger partial charge in [-0.15, -0.1) is 0 Å². The molecule has 1 aliphatic carbocycles. The van der Waals surface area contributed by atoms with Gasteiger partial charge in [0.25, 0.3) is 0 Å². The lowest BCUT2D eigenvalue weighted by molar-refractivity contribution is 0.600. The van der Waals surface area contributed by atoms with Crippen LogP contribution in [0.5, 0.6) is 0 Å². The third kappa shape index (κ3) is 2.89. The van der Waals surface area contributed by atoms with Crippen molar-refractivity contribution in [2.24, 2.45) is 0 Å². The van der Waals surface area contributed by atoms with E-state index in [4.69, 9.17) is 5.26 Å². The standard InChI is InChI=1S/C21H20N4/c1-2-4-20-18-12-16(8-10-21(18)25-24-20)23-19-6-3-5-15-11-14(13-22)7-9-17(15)19/h2,4,7-12,19,23H,3,5-6H2,1H3,(H,24,25). The summed E-state index contributed by atoms with van der Waals surface area (Å²) < 4.78 is 0. The van der Waals surface area contributed by atoms with Crippen molar-refractivity contribution in [3.63, 3.8) is 0 Å². The largest absolute Gasteiger partial charge is 0.378 e. The molecule has 2 aromatic carbocycles. The SMILES string of the molecule is CC=Cc1[nH]nc2ccc(NC3CCCc4cc(C#N)ccc43)cc12. The Bertz CT molecular complexity index is 991. The molecule has 1 atom stereocenters. The number of aromatic nitrogens is 2. The molecule has 4 heteroatoms. The van der Waals surface area contributed by atoms with Gasteiger partial charge in [0.1, 0.15) is 0 Å². The highest BCUT2D eigenvalue weighted by atomic mass is 15.1. The molecule has 25 heavy (non-hydrogen) atoms. The molecule has 0 saturated heterocycles. The molecular weight excluding hydrogens is 308 g/mol. The highest BCUT2D eigenvalue weighted by Gasteiger charge is 2.20. The van der Waals surface area contributed by atoms with Gasteiger partial charge in [-0.25, -0.2) is 0 Å². The third-order valence-corrected chi connectivity index (χ3v) is 4.84. The van der Waals surface area contributed by atoms with Gasteiger partial charge in [0.05, 0.1) is 28.9 Å². The molecule has 0 bridgehead atoms. The van der Waals surface area contributed by atoms with Crippen LogP contribution >= 0.6 is 0 Å². The Morgan fingerprint density at radius 1 is 1.28 bits per heavy atom. The average Bonchev–Trinajstić information content (AvgIpc) is 3.04. The number of aryl methyl sites for hydroxylation is 1. The van der Waals surface area contributed by atoms with Gasteiger partial charge in [-0.2, -0.15) is 10.4 Å². The van der Waals surface area contributed by atoms with Crippen LogP contribution in [0.1, 0.15) is 48.2 Å². The maximum Gasteiger partial charge on any atom is 0.0991 e. The van der Waals surface area contributed by atoms with Crippen LogP contribution in [-0.4, -0.2) is 10.2 Å². The van der Waals surface area contributed by atoms with Gasteiger partial charge in [0, 0.05) is 11.1 Å². The average molecular weight is 328 g/mol. The molecule has 0 fully saturated rings. The number of H-pyrrole nitrogens is 1. The normalized spacial score (nSPS) is 16.7. The fourth-order valence-corrected chi connectivity index (χ4v) is 3.65. The zero-order valence-electron chi connectivity index (χ0n) is 14.2. The second-order valence-corrected chi connectivity index (χ2v) is 6.48. The maximum atomic E-state index is 9.11. The Balaban J connectivity index is 1.66. The molecule has 3 aromatic rings. The van der Waals surface area contributed by atoms with E-state index in [-0.39, 0.29) is 6.04 Å². The Kier molecular flexibility index (Phi) is 3.99. The lowest BCUT2D eigenvalue weighted by Gasteiger charge is -2.27. The van der Waals surface area contributed by atoms with Crippen LogP contribution in [0.4, 0.5) is 5.69 Å². The van der Waals surface area contributed by atoms with Crippen molar-refractivity contribution >= 4 is 22.7 Å². The Hall–Kier alpha value is -3.06. The first-order chi connectivity index (χ1) is 12.3. The van der Waals surface area contributed by atoms with Gasteiger partial charge >= 0.3 is 0 Å². The number of nitrogens with one attached hydrogen (secondary N) is 2. The highest BCUT2D eigenvalue weighted by molar-refractivity contribution is 5.89. The molecule has 1 heterocycles. The minimum absolute atomic E-state index is 0.283. The maximum absolute atomic E-state index is 9.11. The molecule has 1 aromatic heterocycles. The summed E-state index contributed by atoms with van der Waals surface area (Å²) in [7, 11) is 0. The van der Waals surface area contributed by atoms with Crippen LogP contribution in [0.3, 0.4) is 0 Å². The van der Waals surface area contributed by atoms with E-state index < -0.39 is 0 Å². The first kappa shape index (κ1) is 15.5. The van der Waals surface area contributed by atoms with E-state index in [0.717, 1.165) is 47.1 Å². The Morgan fingerprint density at radius 2 is 2.20 bits per heavy atom. The molecule has 0 radical (unpaired) electrons. The molecule has 0 spiro atoms. The van der Waals surface area contributed by atoms with Crippen LogP contribution in [-0.2, 0) is 6.42 Å². The zero-order chi connectivity index (χ0) is 17.2. The number of hydrogen-bond acceptors (Lipinski definition) is 3. The van der Waals surface area contributed by atoms with Gasteiger partial charge in [-0.05, 0) is 73.7 Å². The van der Waals surface area contributed by atoms with Crippen molar-refractivity contribution in [1.29, 1.82) is 5.26 Å². The summed E-state index contributed by atoms with van der Waals surface area (Å²) in [6, 6.07) is 14.9. The predicted molar refractivity (Wildman–Crippen MR) is 101 cm³/mol. The lowest BCUT2D eigenvalue weighted by atomic mass is 9.86. The summed E-state index contributed by atoms with van der Waals surface area (Å²) in [5.41, 5.74) is 6.45. The number of nitrogens with zero attached hydrogens (tertiary/aromatic N) is 2. The minimum atomic E-state index is 0.283. The molecular formula is C21H20N4. The number of hydrogen-bond donors (Lipinski definition) is 2. The van der Waals surface area contributed by atoms with Crippen molar-refractivity contribution in [3.8, 4) is 6.07 Å². The Labute approximate surface area is 147 Å². The number of benzene rings is 2. The smallest absolute Gasteiger partial charge is 0.0991 e. The summed E-state index contributed by atoms with van der Waals surface area (Å²) in [5, 5.41) is 21.3. The van der Waals surface area contributed by atoms with Crippen molar-refractivity contribution in [2.75, 3.05) is 5.32 Å². The number of fused-ring (bicyclic) bond motifs is 2. The quantitative estimate of drug-likeness (QED) is 0.714. The number of anilines is 1. The van der Waals surface area contributed by atoms with Crippen LogP contribution < -0.4 is 5.32 Å². The molecule has 0 saturated carbocycles. The van der Waals surface area contributed by atoms with Crippen LogP contribution in [0, 0.1) is 11.3 Å². The van der Waals surface area contributed by atoms with E-state index in [1.165, 1.54) is 11.1 Å². The lowest BCUT2D eigenvalue weighted by Crippen LogP contribution is -2.17. The number of rotatable bonds is 3. The highest BCUT2D eigenvalue weighted by Crippen LogP contribution is 2.34. The Morgan fingerprint density at radius 3 is 3.04 bits per heavy atom. The molecule has 0 amide bonds. The van der Waals surface area contributed by atoms with Gasteiger partial charge < -0.3 is 5.32 Å². The summed E-state index contributed by atoms with van der Waals surface area (Å²) in [5.74, 6) is 0. The van der Waals surface area contributed by atoms with Gasteiger partial charge in [-0.1, -0.05) is 12.1 Å². The first-order valence-corrected chi connectivity index (χ1v) is 8.69. The van der Waals surface area contributed by atoms with Crippen molar-refractivity contribution in [3.05, 3.63) is 64.9 Å². The number of aromatic amines is 1. The molecule has 4 nitrogen and oxygen atoms in total. The second-order valence-electron chi connectivity index (χ2n) is 6.48. The first-order valence-electron chi connectivity index (χ1n) is 8.69. The van der Waals surface area contributed by atoms with Crippen LogP contribution in [0.25, 0.3) is 17.0 Å². The fourth-order valence-electron chi connectivity index (χ4n) is 3.65. The van der Waals surface area contributed by atoms with Crippen molar-refractivity contribution in [2.45, 2.75) is 32.2 Å². The minimum Gasteiger partial charge on any atom is -0.378 e. The van der Waals surface area contributed by atoms with Crippen molar-refractivity contribution < 1.29 is 0 Å². The van der Waals surface area contributed by atoms with Gasteiger partial charge in [-0.3, -0.25) is 5.10 Å². The summed E-state index contributed by atoms with van der Waals surface area (Å²) >= 11 is 0. The molecule has 4 rings (SSSR count). The van der Waals surface area contributed by atoms with Gasteiger partial charge in [0.15, 0.2) is 0 Å². The molecule has 0 aliphatic heterocycles. The van der Waals surface area contributed by atoms with E-state index in [2.05, 4.69) is 39.8 Å². The molecule has 1 unspecified atom stereocenters. The van der Waals surface area contributed by atoms with Crippen LogP contribution in [0.2, 0.25) is 0 Å². The van der Waals surface area contributed by atoms with E-state index in [1.54, 1.807) is 0 Å². The zero-order valence-corrected chi connectivity index (χ0v) is 14.2. The van der Waals surface area contributed by atoms with Crippen molar-refractivity contribution in [1.82, 2.24) is 10.2 Å². The van der Waals surface area contributed by atoms with Crippen LogP contribution in [0.15, 0.2) is 42.5 Å². The number of allylic oxidation sites excluding steroid dienone is 1. The third-order valence-electron chi connectivity index (χ3n) is 4.84. The molecule has 124 valence electrons. The predicted octanol–water partition coefficient (Wildman–Crippen LogP) is 4.96. The summed E-state index contributed by atoms with van der Waals surface area (Å²) in [4.78, 5) is 0. The van der Waals surface area contributed by atoms with E-state index in [0.29, 0.717) is 0 Å². The second kappa shape index (κ2) is 6.45. The molecule has 1 aliphatic rings. The van der Waals surface area contributed by atoms with E-state index >= 15 is 0 Å². The fraction of sp³-hybridized carbons (Fsp3) is 0.238. The van der Waals surface area contributed by atoms with E-state index in [9.17, 15) is 0 Å². The summed E-state index contributed by atoms with van der Waals surface area (Å²) in [6.07, 6.45) is 7.34. The van der Waals surface area contributed by atoms with Gasteiger partial charge in [0.2, 0.25) is 0 Å². The topological polar surface area (TPSA) is 64.5 Å². The molecule has 2 N–H and O–H groups in total.